The number of piperidine rings is 1. The van der Waals surface area contributed by atoms with Gasteiger partial charge >= 0.3 is 0 Å². The summed E-state index contributed by atoms with van der Waals surface area (Å²) in [6.45, 7) is 4.36. The lowest BCUT2D eigenvalue weighted by atomic mass is 10.0. The molecule has 2 atom stereocenters. The van der Waals surface area contributed by atoms with Gasteiger partial charge < -0.3 is 9.84 Å². The molecular formula is C13H23ClN4O. The summed E-state index contributed by atoms with van der Waals surface area (Å²) in [5.74, 6) is 2.27. The Labute approximate surface area is 120 Å². The maximum atomic E-state index is 5.43. The quantitative estimate of drug-likeness (QED) is 0.919. The minimum absolute atomic E-state index is 0. The molecule has 5 nitrogen and oxygen atoms in total. The third kappa shape index (κ3) is 3.27. The van der Waals surface area contributed by atoms with Crippen LogP contribution in [0.2, 0.25) is 0 Å². The summed E-state index contributed by atoms with van der Waals surface area (Å²) < 4.78 is 5.43. The summed E-state index contributed by atoms with van der Waals surface area (Å²) in [6, 6.07) is 0.827. The summed E-state index contributed by atoms with van der Waals surface area (Å²) >= 11 is 0. The molecule has 19 heavy (non-hydrogen) atoms. The molecule has 1 aliphatic heterocycles. The third-order valence-electron chi connectivity index (χ3n) is 4.17. The first-order valence-corrected chi connectivity index (χ1v) is 7.02. The largest absolute Gasteiger partial charge is 0.338 e. The van der Waals surface area contributed by atoms with E-state index in [4.69, 9.17) is 4.52 Å². The van der Waals surface area contributed by atoms with Gasteiger partial charge in [-0.1, -0.05) is 5.16 Å². The molecule has 1 N–H and O–H groups in total. The maximum Gasteiger partial charge on any atom is 0.243 e. The Morgan fingerprint density at radius 2 is 2.16 bits per heavy atom. The van der Waals surface area contributed by atoms with Crippen LogP contribution in [0.5, 0.6) is 0 Å². The van der Waals surface area contributed by atoms with Crippen molar-refractivity contribution >= 4 is 12.4 Å². The second-order valence-electron chi connectivity index (χ2n) is 5.56. The van der Waals surface area contributed by atoms with E-state index in [0.717, 1.165) is 24.8 Å². The fourth-order valence-electron chi connectivity index (χ4n) is 2.67. The van der Waals surface area contributed by atoms with Crippen LogP contribution in [0.15, 0.2) is 4.52 Å². The van der Waals surface area contributed by atoms with Gasteiger partial charge in [-0.15, -0.1) is 12.4 Å². The van der Waals surface area contributed by atoms with Crippen molar-refractivity contribution in [2.75, 3.05) is 20.1 Å². The Morgan fingerprint density at radius 1 is 1.37 bits per heavy atom. The number of nitrogens with one attached hydrogen (secondary N) is 1. The molecule has 0 spiro atoms. The van der Waals surface area contributed by atoms with Crippen LogP contribution >= 0.6 is 12.4 Å². The topological polar surface area (TPSA) is 54.2 Å². The van der Waals surface area contributed by atoms with E-state index in [0.29, 0.717) is 12.0 Å². The van der Waals surface area contributed by atoms with Crippen molar-refractivity contribution in [2.45, 2.75) is 50.6 Å². The third-order valence-corrected chi connectivity index (χ3v) is 4.17. The van der Waals surface area contributed by atoms with Gasteiger partial charge in [0, 0.05) is 18.5 Å². The number of halogens is 1. The highest BCUT2D eigenvalue weighted by Gasteiger charge is 2.31. The molecule has 2 aliphatic rings. The molecule has 2 unspecified atom stereocenters. The molecule has 108 valence electrons. The Morgan fingerprint density at radius 3 is 2.84 bits per heavy atom. The zero-order chi connectivity index (χ0) is 12.5. The molecule has 1 aliphatic carbocycles. The molecular weight excluding hydrogens is 264 g/mol. The van der Waals surface area contributed by atoms with Gasteiger partial charge in [-0.3, -0.25) is 4.90 Å². The molecule has 0 amide bonds. The average Bonchev–Trinajstić information content (AvgIpc) is 3.16. The minimum Gasteiger partial charge on any atom is -0.338 e. The standard InChI is InChI=1S/C13H22N4O.ClH/c1-9(17-7-3-4-11(8-17)14-2)13-15-12(16-18-13)10-5-6-10;/h9-11,14H,3-8H2,1-2H3;1H. The number of nitrogens with zero attached hydrogens (tertiary/aromatic N) is 3. The SMILES string of the molecule is CNC1CCCN(C(C)c2nc(C3CC3)no2)C1.Cl. The molecule has 1 saturated heterocycles. The van der Waals surface area contributed by atoms with Crippen molar-refractivity contribution in [1.29, 1.82) is 0 Å². The molecule has 1 aromatic heterocycles. The Hall–Kier alpha value is -0.650. The van der Waals surface area contributed by atoms with Crippen LogP contribution in [-0.2, 0) is 0 Å². The van der Waals surface area contributed by atoms with E-state index in [9.17, 15) is 0 Å². The van der Waals surface area contributed by atoms with Gasteiger partial charge in [0.05, 0.1) is 6.04 Å². The van der Waals surface area contributed by atoms with Gasteiger partial charge in [-0.05, 0) is 46.2 Å². The lowest BCUT2D eigenvalue weighted by Gasteiger charge is -2.35. The minimum atomic E-state index is 0. The van der Waals surface area contributed by atoms with Gasteiger partial charge in [0.15, 0.2) is 5.82 Å². The summed E-state index contributed by atoms with van der Waals surface area (Å²) in [5.41, 5.74) is 0. The number of aromatic nitrogens is 2. The molecule has 2 fully saturated rings. The Kier molecular flexibility index (Phi) is 4.81. The average molecular weight is 287 g/mol. The monoisotopic (exact) mass is 286 g/mol. The van der Waals surface area contributed by atoms with E-state index in [-0.39, 0.29) is 18.4 Å². The molecule has 3 rings (SSSR count). The van der Waals surface area contributed by atoms with Crippen molar-refractivity contribution in [3.05, 3.63) is 11.7 Å². The molecule has 0 bridgehead atoms. The van der Waals surface area contributed by atoms with Crippen molar-refractivity contribution in [3.8, 4) is 0 Å². The van der Waals surface area contributed by atoms with E-state index in [1.807, 2.05) is 7.05 Å². The Balaban J connectivity index is 0.00000133. The maximum absolute atomic E-state index is 5.43. The Bertz CT molecular complexity index is 407. The van der Waals surface area contributed by atoms with E-state index in [2.05, 4.69) is 27.3 Å². The normalized spacial score (nSPS) is 25.9. The first-order valence-electron chi connectivity index (χ1n) is 7.02. The fourth-order valence-corrected chi connectivity index (χ4v) is 2.67. The number of hydrogen-bond donors (Lipinski definition) is 1. The zero-order valence-electron chi connectivity index (χ0n) is 11.6. The van der Waals surface area contributed by atoms with E-state index >= 15 is 0 Å². The van der Waals surface area contributed by atoms with Crippen LogP contribution in [0.4, 0.5) is 0 Å². The highest BCUT2D eigenvalue weighted by atomic mass is 35.5. The second-order valence-corrected chi connectivity index (χ2v) is 5.56. The lowest BCUT2D eigenvalue weighted by Crippen LogP contribution is -2.45. The van der Waals surface area contributed by atoms with Crippen LogP contribution < -0.4 is 5.32 Å². The molecule has 6 heteroatoms. The molecule has 1 saturated carbocycles. The van der Waals surface area contributed by atoms with Crippen LogP contribution in [0.1, 0.15) is 56.3 Å². The van der Waals surface area contributed by atoms with Gasteiger partial charge in [0.25, 0.3) is 0 Å². The first kappa shape index (κ1) is 14.8. The van der Waals surface area contributed by atoms with Gasteiger partial charge in [0.1, 0.15) is 0 Å². The zero-order valence-corrected chi connectivity index (χ0v) is 12.4. The molecule has 2 heterocycles. The summed E-state index contributed by atoms with van der Waals surface area (Å²) in [5, 5.41) is 7.47. The van der Waals surface area contributed by atoms with Crippen molar-refractivity contribution in [3.63, 3.8) is 0 Å². The van der Waals surface area contributed by atoms with Crippen molar-refractivity contribution in [2.24, 2.45) is 0 Å². The van der Waals surface area contributed by atoms with Crippen LogP contribution in [0.3, 0.4) is 0 Å². The van der Waals surface area contributed by atoms with Gasteiger partial charge in [0.2, 0.25) is 5.89 Å². The number of likely N-dealkylation sites (N-methyl/N-ethyl adjacent to an activating group) is 1. The predicted molar refractivity (Wildman–Crippen MR) is 75.6 cm³/mol. The van der Waals surface area contributed by atoms with Crippen LogP contribution in [0, 0.1) is 0 Å². The highest BCUT2D eigenvalue weighted by molar-refractivity contribution is 5.85. The molecule has 0 radical (unpaired) electrons. The summed E-state index contributed by atoms with van der Waals surface area (Å²) in [6.07, 6.45) is 4.94. The van der Waals surface area contributed by atoms with Crippen molar-refractivity contribution < 1.29 is 4.52 Å². The number of hydrogen-bond acceptors (Lipinski definition) is 5. The molecule has 0 aromatic carbocycles. The predicted octanol–water partition coefficient (Wildman–Crippen LogP) is 2.11. The van der Waals surface area contributed by atoms with Gasteiger partial charge in [-0.2, -0.15) is 4.98 Å². The van der Waals surface area contributed by atoms with E-state index < -0.39 is 0 Å². The molecule has 1 aromatic rings. The summed E-state index contributed by atoms with van der Waals surface area (Å²) in [4.78, 5) is 7.00. The highest BCUT2D eigenvalue weighted by Crippen LogP contribution is 2.38. The first-order chi connectivity index (χ1) is 8.78. The van der Waals surface area contributed by atoms with E-state index in [1.165, 1.54) is 25.7 Å². The fraction of sp³-hybridized carbons (Fsp3) is 0.846. The second kappa shape index (κ2) is 6.20. The smallest absolute Gasteiger partial charge is 0.243 e. The van der Waals surface area contributed by atoms with Gasteiger partial charge in [-0.25, -0.2) is 0 Å². The van der Waals surface area contributed by atoms with E-state index in [1.54, 1.807) is 0 Å². The number of likely N-dealkylation sites (tertiary alicyclic amines) is 1. The van der Waals surface area contributed by atoms with Crippen molar-refractivity contribution in [1.82, 2.24) is 20.4 Å². The van der Waals surface area contributed by atoms with Crippen LogP contribution in [0.25, 0.3) is 0 Å². The number of rotatable bonds is 4. The van der Waals surface area contributed by atoms with Crippen LogP contribution in [-0.4, -0.2) is 41.2 Å². The summed E-state index contributed by atoms with van der Waals surface area (Å²) in [7, 11) is 2.04. The lowest BCUT2D eigenvalue weighted by molar-refractivity contribution is 0.126.